The molecule has 0 aliphatic rings. The fourth-order valence-electron chi connectivity index (χ4n) is 6.56. The Bertz CT molecular complexity index is 2160. The minimum atomic E-state index is 0.287. The predicted octanol–water partition coefficient (Wildman–Crippen LogP) is 12.1. The number of benzene rings is 7. The van der Waals surface area contributed by atoms with Crippen LogP contribution < -0.4 is 0 Å². The minimum absolute atomic E-state index is 0.287. The Balaban J connectivity index is 1.49. The van der Waals surface area contributed by atoms with E-state index in [0.717, 1.165) is 0 Å². The molecule has 43 heavy (non-hydrogen) atoms. The van der Waals surface area contributed by atoms with Gasteiger partial charge in [0.15, 0.2) is 0 Å². The van der Waals surface area contributed by atoms with Gasteiger partial charge >= 0.3 is 0 Å². The Morgan fingerprint density at radius 2 is 0.977 bits per heavy atom. The van der Waals surface area contributed by atoms with Gasteiger partial charge in [-0.25, -0.2) is 0 Å². The van der Waals surface area contributed by atoms with Crippen LogP contribution in [0.4, 0.5) is 0 Å². The fraction of sp³-hybridized carbons (Fsp3) is 0.0488. The fourth-order valence-corrected chi connectivity index (χ4v) is 6.82. The van der Waals surface area contributed by atoms with Crippen molar-refractivity contribution in [2.75, 3.05) is 0 Å². The third-order valence-electron chi connectivity index (χ3n) is 8.65. The first-order valence-electron chi connectivity index (χ1n) is 14.7. The van der Waals surface area contributed by atoms with Crippen molar-refractivity contribution >= 4 is 48.2 Å². The number of pyridine rings is 1. The molecule has 1 nitrogen and oxygen atoms in total. The molecule has 0 N–H and O–H groups in total. The minimum Gasteiger partial charge on any atom is -0.265 e. The Labute approximate surface area is 260 Å². The monoisotopic (exact) mass is 613 g/mol. The highest BCUT2D eigenvalue weighted by Crippen LogP contribution is 2.46. The van der Waals surface area contributed by atoms with E-state index in [1.807, 2.05) is 12.4 Å². The quantitative estimate of drug-likeness (QED) is 0.139. The van der Waals surface area contributed by atoms with Crippen LogP contribution in [0.25, 0.3) is 76.8 Å². The first-order chi connectivity index (χ1) is 21.1. The number of rotatable bonds is 5. The standard InChI is InChI=1S/C41H28BrN/c1-26(42)32-20-30-12-14-36-38(29-16-18-43-19-17-29)25-39(37-15-13-31(21-32)40(30)41(36)37)35-23-33(27-8-4-2-5-9-27)22-34(24-35)28-10-6-3-7-11-28/h2-26H,1H3. The molecule has 0 bridgehead atoms. The molecule has 0 aliphatic carbocycles. The lowest BCUT2D eigenvalue weighted by Crippen LogP contribution is -1.93. The number of hydrogen-bond acceptors (Lipinski definition) is 1. The van der Waals surface area contributed by atoms with Crippen molar-refractivity contribution in [3.63, 3.8) is 0 Å². The largest absolute Gasteiger partial charge is 0.265 e. The Morgan fingerprint density at radius 3 is 1.51 bits per heavy atom. The highest BCUT2D eigenvalue weighted by molar-refractivity contribution is 9.09. The summed E-state index contributed by atoms with van der Waals surface area (Å²) < 4.78 is 0. The summed E-state index contributed by atoms with van der Waals surface area (Å²) in [6, 6.07) is 49.0. The zero-order chi connectivity index (χ0) is 28.9. The highest BCUT2D eigenvalue weighted by Gasteiger charge is 2.19. The first-order valence-corrected chi connectivity index (χ1v) is 15.6. The van der Waals surface area contributed by atoms with Crippen LogP contribution in [0.2, 0.25) is 0 Å². The lowest BCUT2D eigenvalue weighted by atomic mass is 9.84. The molecule has 8 aromatic rings. The van der Waals surface area contributed by atoms with Gasteiger partial charge in [-0.3, -0.25) is 4.98 Å². The molecule has 0 aliphatic heterocycles. The molecule has 0 saturated heterocycles. The van der Waals surface area contributed by atoms with Gasteiger partial charge in [0.1, 0.15) is 0 Å². The van der Waals surface area contributed by atoms with Gasteiger partial charge in [0.25, 0.3) is 0 Å². The van der Waals surface area contributed by atoms with Gasteiger partial charge in [0.05, 0.1) is 0 Å². The molecule has 2 heteroatoms. The molecular weight excluding hydrogens is 586 g/mol. The van der Waals surface area contributed by atoms with Crippen LogP contribution >= 0.6 is 15.9 Å². The Hall–Kier alpha value is -4.79. The van der Waals surface area contributed by atoms with E-state index in [-0.39, 0.29) is 4.83 Å². The maximum Gasteiger partial charge on any atom is 0.0367 e. The molecule has 0 fully saturated rings. The van der Waals surface area contributed by atoms with Crippen LogP contribution in [0.5, 0.6) is 0 Å². The molecule has 1 atom stereocenters. The number of halogens is 1. The third-order valence-corrected chi connectivity index (χ3v) is 9.18. The third kappa shape index (κ3) is 4.50. The van der Waals surface area contributed by atoms with E-state index in [1.165, 1.54) is 82.4 Å². The summed E-state index contributed by atoms with van der Waals surface area (Å²) in [4.78, 5) is 4.61. The SMILES string of the molecule is CC(Br)c1cc2ccc3c(-c4ccncc4)cc(-c4cc(-c5ccccc5)cc(-c5ccccc5)c4)c4ccc(c1)c2c34. The molecule has 1 aromatic heterocycles. The lowest BCUT2D eigenvalue weighted by molar-refractivity contribution is 1.13. The van der Waals surface area contributed by atoms with Crippen LogP contribution in [0.15, 0.2) is 146 Å². The second kappa shape index (κ2) is 10.5. The van der Waals surface area contributed by atoms with Gasteiger partial charge in [0.2, 0.25) is 0 Å². The van der Waals surface area contributed by atoms with E-state index in [4.69, 9.17) is 0 Å². The van der Waals surface area contributed by atoms with Crippen LogP contribution in [-0.2, 0) is 0 Å². The molecule has 0 saturated carbocycles. The van der Waals surface area contributed by atoms with Crippen molar-refractivity contribution in [2.24, 2.45) is 0 Å². The van der Waals surface area contributed by atoms with Crippen LogP contribution in [-0.4, -0.2) is 4.98 Å². The number of nitrogens with zero attached hydrogens (tertiary/aromatic N) is 1. The number of alkyl halides is 1. The van der Waals surface area contributed by atoms with Gasteiger partial charge in [0, 0.05) is 17.2 Å². The van der Waals surface area contributed by atoms with Crippen LogP contribution in [0.3, 0.4) is 0 Å². The van der Waals surface area contributed by atoms with Crippen molar-refractivity contribution in [1.29, 1.82) is 0 Å². The molecule has 204 valence electrons. The summed E-state index contributed by atoms with van der Waals surface area (Å²) in [7, 11) is 0. The van der Waals surface area contributed by atoms with E-state index in [0.29, 0.717) is 0 Å². The second-order valence-corrected chi connectivity index (χ2v) is 12.7. The smallest absolute Gasteiger partial charge is 0.0367 e. The lowest BCUT2D eigenvalue weighted by Gasteiger charge is -2.20. The van der Waals surface area contributed by atoms with Gasteiger partial charge < -0.3 is 0 Å². The summed E-state index contributed by atoms with van der Waals surface area (Å²) in [5, 5.41) is 7.74. The molecule has 1 unspecified atom stereocenters. The topological polar surface area (TPSA) is 12.9 Å². The van der Waals surface area contributed by atoms with E-state index >= 15 is 0 Å². The van der Waals surface area contributed by atoms with Crippen molar-refractivity contribution in [1.82, 2.24) is 4.98 Å². The molecular formula is C41H28BrN. The number of aromatic nitrogens is 1. The van der Waals surface area contributed by atoms with Crippen LogP contribution in [0, 0.1) is 0 Å². The maximum absolute atomic E-state index is 4.33. The normalized spacial score (nSPS) is 12.3. The molecule has 0 amide bonds. The molecule has 0 radical (unpaired) electrons. The highest BCUT2D eigenvalue weighted by atomic mass is 79.9. The van der Waals surface area contributed by atoms with Gasteiger partial charge in [-0.05, 0) is 138 Å². The first kappa shape index (κ1) is 25.9. The Kier molecular flexibility index (Phi) is 6.31. The van der Waals surface area contributed by atoms with Gasteiger partial charge in [-0.2, -0.15) is 0 Å². The summed E-state index contributed by atoms with van der Waals surface area (Å²) in [6.45, 7) is 2.19. The number of hydrogen-bond donors (Lipinski definition) is 0. The van der Waals surface area contributed by atoms with Crippen molar-refractivity contribution in [3.05, 3.63) is 151 Å². The van der Waals surface area contributed by atoms with E-state index in [2.05, 4.69) is 161 Å². The van der Waals surface area contributed by atoms with Crippen LogP contribution in [0.1, 0.15) is 17.3 Å². The van der Waals surface area contributed by atoms with Crippen molar-refractivity contribution in [3.8, 4) is 44.5 Å². The second-order valence-electron chi connectivity index (χ2n) is 11.3. The maximum atomic E-state index is 4.33. The summed E-state index contributed by atoms with van der Waals surface area (Å²) in [5.74, 6) is 0. The van der Waals surface area contributed by atoms with Gasteiger partial charge in [-0.15, -0.1) is 0 Å². The zero-order valence-electron chi connectivity index (χ0n) is 23.8. The molecule has 0 spiro atoms. The van der Waals surface area contributed by atoms with E-state index in [9.17, 15) is 0 Å². The van der Waals surface area contributed by atoms with Gasteiger partial charge in [-0.1, -0.05) is 101 Å². The average Bonchev–Trinajstić information content (AvgIpc) is 3.07. The summed E-state index contributed by atoms with van der Waals surface area (Å²) in [5.41, 5.74) is 11.0. The summed E-state index contributed by atoms with van der Waals surface area (Å²) in [6.07, 6.45) is 3.78. The van der Waals surface area contributed by atoms with Crippen molar-refractivity contribution in [2.45, 2.75) is 11.8 Å². The molecule has 7 aromatic carbocycles. The van der Waals surface area contributed by atoms with E-state index in [1.54, 1.807) is 0 Å². The zero-order valence-corrected chi connectivity index (χ0v) is 25.3. The Morgan fingerprint density at radius 1 is 0.465 bits per heavy atom. The molecule has 1 heterocycles. The predicted molar refractivity (Wildman–Crippen MR) is 187 cm³/mol. The van der Waals surface area contributed by atoms with E-state index < -0.39 is 0 Å². The summed E-state index contributed by atoms with van der Waals surface area (Å²) >= 11 is 3.80. The average molecular weight is 615 g/mol. The molecule has 8 rings (SSSR count). The van der Waals surface area contributed by atoms with Crippen molar-refractivity contribution < 1.29 is 0 Å².